The van der Waals surface area contributed by atoms with E-state index in [9.17, 15) is 44.5 Å². The van der Waals surface area contributed by atoms with Gasteiger partial charge in [0.15, 0.2) is 10.1 Å². The maximum atomic E-state index is 13.3. The molecule has 0 radical (unpaired) electrons. The van der Waals surface area contributed by atoms with Gasteiger partial charge in [0.25, 0.3) is 0 Å². The van der Waals surface area contributed by atoms with Gasteiger partial charge in [0.05, 0.1) is 13.2 Å². The van der Waals surface area contributed by atoms with Crippen molar-refractivity contribution in [1.82, 2.24) is 0 Å². The zero-order valence-electron chi connectivity index (χ0n) is 13.2. The van der Waals surface area contributed by atoms with Gasteiger partial charge in [-0.05, 0) is 6.42 Å². The fraction of sp³-hybridized carbons (Fsp3) is 0.667. The van der Waals surface area contributed by atoms with E-state index in [2.05, 4.69) is 20.8 Å². The summed E-state index contributed by atoms with van der Waals surface area (Å²) in [4.78, 5) is 22.9. The number of hydrogen-bond acceptors (Lipinski definition) is 8. The fourth-order valence-corrected chi connectivity index (χ4v) is 1.63. The first-order valence-corrected chi connectivity index (χ1v) is 8.12. The summed E-state index contributed by atoms with van der Waals surface area (Å²) in [7, 11) is -6.20. The number of halogens is 5. The average Bonchev–Trinajstić information content (AvgIpc) is 2.48. The van der Waals surface area contributed by atoms with Gasteiger partial charge in [-0.25, -0.2) is 18.0 Å². The molecule has 0 aliphatic heterocycles. The summed E-state index contributed by atoms with van der Waals surface area (Å²) in [5, 5.41) is -4.99. The van der Waals surface area contributed by atoms with E-state index in [-0.39, 0.29) is 12.5 Å². The van der Waals surface area contributed by atoms with Gasteiger partial charge in [0.2, 0.25) is 0 Å². The van der Waals surface area contributed by atoms with E-state index >= 15 is 0 Å². The molecule has 0 N–H and O–H groups in total. The minimum atomic E-state index is -6.20. The van der Waals surface area contributed by atoms with E-state index in [1.54, 1.807) is 0 Å². The van der Waals surface area contributed by atoms with Crippen molar-refractivity contribution in [3.05, 3.63) is 12.7 Å². The summed E-state index contributed by atoms with van der Waals surface area (Å²) < 4.78 is 109. The first kappa shape index (κ1) is 24.2. The third-order valence-corrected chi connectivity index (χ3v) is 3.49. The molecule has 0 aromatic carbocycles. The number of carbonyl (C=O) groups is 2. The topological polar surface area (TPSA) is 119 Å². The number of alkyl halides is 5. The molecule has 0 aliphatic rings. The second-order valence-corrected chi connectivity index (χ2v) is 6.07. The van der Waals surface area contributed by atoms with Gasteiger partial charge in [-0.15, -0.1) is 0 Å². The molecule has 1 atom stereocenters. The number of esters is 2. The normalized spacial score (nSPS) is 15.0. The van der Waals surface area contributed by atoms with Gasteiger partial charge in [0.1, 0.15) is 0 Å². The van der Waals surface area contributed by atoms with Crippen molar-refractivity contribution >= 4 is 22.1 Å². The molecule has 26 heavy (non-hydrogen) atoms. The van der Waals surface area contributed by atoms with Crippen molar-refractivity contribution in [2.45, 2.75) is 37.0 Å². The molecule has 0 rings (SSSR count). The van der Waals surface area contributed by atoms with E-state index in [0.29, 0.717) is 0 Å². The highest BCUT2D eigenvalue weighted by atomic mass is 32.2. The van der Waals surface area contributed by atoms with Crippen LogP contribution in [0, 0.1) is 0 Å². The molecule has 0 saturated carbocycles. The second-order valence-electron chi connectivity index (χ2n) is 4.57. The summed E-state index contributed by atoms with van der Waals surface area (Å²) in [5.41, 5.74) is 0. The maximum absolute atomic E-state index is 13.3. The lowest BCUT2D eigenvalue weighted by molar-refractivity contribution is -0.355. The summed E-state index contributed by atoms with van der Waals surface area (Å²) in [6, 6.07) is 0. The first-order valence-electron chi connectivity index (χ1n) is 6.71. The zero-order chi connectivity index (χ0) is 20.8. The Labute approximate surface area is 144 Å². The lowest BCUT2D eigenvalue weighted by atomic mass is 10.2. The Bertz CT molecular complexity index is 630. The lowest BCUT2D eigenvalue weighted by Crippen LogP contribution is -2.58. The third-order valence-electron chi connectivity index (χ3n) is 2.55. The van der Waals surface area contributed by atoms with Crippen molar-refractivity contribution in [3.8, 4) is 0 Å². The van der Waals surface area contributed by atoms with Crippen LogP contribution in [-0.4, -0.2) is 55.3 Å². The predicted molar refractivity (Wildman–Crippen MR) is 71.5 cm³/mol. The van der Waals surface area contributed by atoms with Crippen molar-refractivity contribution in [2.24, 2.45) is 0 Å². The Balaban J connectivity index is 5.71. The van der Waals surface area contributed by atoms with E-state index < -0.39 is 58.9 Å². The Hall–Kier alpha value is -1.80. The minimum Gasteiger partial charge on any atom is -0.743 e. The molecule has 0 bridgehead atoms. The van der Waals surface area contributed by atoms with Gasteiger partial charge in [0, 0.05) is 12.5 Å². The Morgan fingerprint density at radius 1 is 1.15 bits per heavy atom. The molecule has 0 fully saturated rings. The highest BCUT2D eigenvalue weighted by Crippen LogP contribution is 2.37. The quantitative estimate of drug-likeness (QED) is 0.174. The number of rotatable bonds is 10. The molecule has 152 valence electrons. The van der Waals surface area contributed by atoms with Crippen LogP contribution in [-0.2, 0) is 33.9 Å². The lowest BCUT2D eigenvalue weighted by Gasteiger charge is -2.32. The Morgan fingerprint density at radius 3 is 2.08 bits per heavy atom. The Morgan fingerprint density at radius 2 is 1.69 bits per heavy atom. The molecule has 0 aromatic rings. The molecule has 1 unspecified atom stereocenters. The summed E-state index contributed by atoms with van der Waals surface area (Å²) in [6.45, 7) is 1.87. The minimum absolute atomic E-state index is 0.0571. The van der Waals surface area contributed by atoms with Crippen LogP contribution < -0.4 is 0 Å². The molecule has 0 heterocycles. The largest absolute Gasteiger partial charge is 0.743 e. The number of ether oxygens (including phenoxy) is 3. The average molecular weight is 413 g/mol. The molecule has 0 amide bonds. The summed E-state index contributed by atoms with van der Waals surface area (Å²) in [6.07, 6.45) is -7.54. The smallest absolute Gasteiger partial charge is 0.468 e. The van der Waals surface area contributed by atoms with Crippen molar-refractivity contribution in [1.29, 1.82) is 0 Å². The van der Waals surface area contributed by atoms with Crippen molar-refractivity contribution in [3.63, 3.8) is 0 Å². The van der Waals surface area contributed by atoms with Crippen LogP contribution in [0.1, 0.15) is 19.8 Å². The van der Waals surface area contributed by atoms with E-state index in [1.165, 1.54) is 6.92 Å². The second kappa shape index (κ2) is 8.73. The van der Waals surface area contributed by atoms with E-state index in [4.69, 9.17) is 0 Å². The number of hydrogen-bond donors (Lipinski definition) is 0. The van der Waals surface area contributed by atoms with Crippen LogP contribution in [0.3, 0.4) is 0 Å². The van der Waals surface area contributed by atoms with Crippen LogP contribution in [0.15, 0.2) is 12.7 Å². The Kier molecular flexibility index (Phi) is 8.12. The van der Waals surface area contributed by atoms with Crippen molar-refractivity contribution < 1.29 is 58.7 Å². The summed E-state index contributed by atoms with van der Waals surface area (Å²) in [5.74, 6) is -8.54. The van der Waals surface area contributed by atoms with Gasteiger partial charge in [-0.3, -0.25) is 0 Å². The predicted octanol–water partition coefficient (Wildman–Crippen LogP) is 1.47. The maximum Gasteiger partial charge on any atom is 0.468 e. The van der Waals surface area contributed by atoms with Gasteiger partial charge < -0.3 is 18.8 Å². The van der Waals surface area contributed by atoms with Gasteiger partial charge in [-0.2, -0.15) is 22.0 Å². The molecule has 8 nitrogen and oxygen atoms in total. The van der Waals surface area contributed by atoms with Crippen LogP contribution >= 0.6 is 0 Å². The van der Waals surface area contributed by atoms with Crippen LogP contribution in [0.5, 0.6) is 0 Å². The van der Waals surface area contributed by atoms with Gasteiger partial charge >= 0.3 is 29.2 Å². The third kappa shape index (κ3) is 5.88. The molecule has 0 saturated heterocycles. The molecule has 0 aromatic heterocycles. The van der Waals surface area contributed by atoms with E-state index in [1.807, 2.05) is 0 Å². The summed E-state index contributed by atoms with van der Waals surface area (Å²) >= 11 is 0. The monoisotopic (exact) mass is 413 g/mol. The highest BCUT2D eigenvalue weighted by molar-refractivity contribution is 7.86. The molecule has 0 aliphatic carbocycles. The van der Waals surface area contributed by atoms with Crippen molar-refractivity contribution in [2.75, 3.05) is 13.2 Å². The van der Waals surface area contributed by atoms with Gasteiger partial charge in [-0.1, -0.05) is 13.5 Å². The fourth-order valence-electron chi connectivity index (χ4n) is 1.30. The first-order chi connectivity index (χ1) is 11.6. The van der Waals surface area contributed by atoms with Crippen LogP contribution in [0.4, 0.5) is 22.0 Å². The van der Waals surface area contributed by atoms with Crippen LogP contribution in [0.2, 0.25) is 0 Å². The molecular formula is C12H14F5O8S-. The molecule has 14 heteroatoms. The standard InChI is InChI=1S/C12H15F5O8S/c1-3-6-23-9(19)11(12(15,16)17,25-8(18)4-2)24-7-5-10(13,14)26(20,21)22/h4H,2-3,5-7H2,1H3,(H,20,21,22)/p-1. The van der Waals surface area contributed by atoms with E-state index in [0.717, 1.165) is 0 Å². The molecule has 0 spiro atoms. The highest BCUT2D eigenvalue weighted by Gasteiger charge is 2.67. The van der Waals surface area contributed by atoms with Crippen LogP contribution in [0.25, 0.3) is 0 Å². The number of carbonyl (C=O) groups excluding carboxylic acids is 2. The molecular weight excluding hydrogens is 399 g/mol. The SMILES string of the molecule is C=CC(=O)OC(OCCC(F)(F)S(=O)(=O)[O-])(C(=O)OCCC)C(F)(F)F. The zero-order valence-corrected chi connectivity index (χ0v) is 14.0.